The van der Waals surface area contributed by atoms with Crippen molar-refractivity contribution >= 4 is 5.84 Å². The molecule has 0 atom stereocenters. The molecule has 0 fully saturated rings. The first kappa shape index (κ1) is 11.5. The fourth-order valence-electron chi connectivity index (χ4n) is 1.86. The van der Waals surface area contributed by atoms with Crippen molar-refractivity contribution in [3.63, 3.8) is 0 Å². The first-order chi connectivity index (χ1) is 6.93. The smallest absolute Gasteiger partial charge is 0.0964 e. The molecule has 2 nitrogen and oxygen atoms in total. The van der Waals surface area contributed by atoms with Crippen molar-refractivity contribution in [2.45, 2.75) is 58.3 Å². The third-order valence-electron chi connectivity index (χ3n) is 2.76. The van der Waals surface area contributed by atoms with Gasteiger partial charge in [0.1, 0.15) is 0 Å². The van der Waals surface area contributed by atoms with E-state index in [1.54, 1.807) is 0 Å². The first-order valence-electron chi connectivity index (χ1n) is 6.20. The average molecular weight is 196 g/mol. The van der Waals surface area contributed by atoms with Crippen molar-refractivity contribution in [1.82, 2.24) is 5.32 Å². The number of nitrogens with zero attached hydrogens (tertiary/aromatic N) is 1. The van der Waals surface area contributed by atoms with Crippen LogP contribution < -0.4 is 5.32 Å². The Morgan fingerprint density at radius 2 is 1.79 bits per heavy atom. The second-order valence-electron chi connectivity index (χ2n) is 4.13. The Kier molecular flexibility index (Phi) is 6.46. The molecular weight excluding hydrogens is 172 g/mol. The highest BCUT2D eigenvalue weighted by Gasteiger charge is 2.03. The van der Waals surface area contributed by atoms with Crippen LogP contribution in [-0.4, -0.2) is 18.9 Å². The number of aliphatic imine (C=N–C) groups is 1. The maximum absolute atomic E-state index is 4.39. The van der Waals surface area contributed by atoms with Gasteiger partial charge in [-0.1, -0.05) is 45.4 Å². The number of rotatable bonds is 8. The van der Waals surface area contributed by atoms with Gasteiger partial charge in [-0.05, 0) is 6.42 Å². The summed E-state index contributed by atoms with van der Waals surface area (Å²) in [5, 5.41) is 3.32. The Morgan fingerprint density at radius 3 is 2.43 bits per heavy atom. The fourth-order valence-corrected chi connectivity index (χ4v) is 1.86. The minimum atomic E-state index is 0.992. The Morgan fingerprint density at radius 1 is 1.07 bits per heavy atom. The van der Waals surface area contributed by atoms with Gasteiger partial charge in [0.15, 0.2) is 0 Å². The molecule has 1 heterocycles. The van der Waals surface area contributed by atoms with E-state index in [4.69, 9.17) is 0 Å². The third kappa shape index (κ3) is 5.25. The van der Waals surface area contributed by atoms with Crippen LogP contribution in [0.15, 0.2) is 4.99 Å². The van der Waals surface area contributed by atoms with Crippen molar-refractivity contribution in [3.05, 3.63) is 0 Å². The van der Waals surface area contributed by atoms with E-state index in [0.717, 1.165) is 13.1 Å². The summed E-state index contributed by atoms with van der Waals surface area (Å²) in [5.41, 5.74) is 0. The standard InChI is InChI=1S/C12H24N2/c1-2-3-4-5-6-7-8-9-12-13-10-11-14-12/h2-11H2,1H3,(H,13,14). The summed E-state index contributed by atoms with van der Waals surface area (Å²) >= 11 is 0. The van der Waals surface area contributed by atoms with E-state index >= 15 is 0 Å². The summed E-state index contributed by atoms with van der Waals surface area (Å²) in [6, 6.07) is 0. The minimum Gasteiger partial charge on any atom is -0.372 e. The van der Waals surface area contributed by atoms with E-state index < -0.39 is 0 Å². The molecule has 0 aromatic carbocycles. The van der Waals surface area contributed by atoms with E-state index in [1.807, 2.05) is 0 Å². The number of unbranched alkanes of at least 4 members (excludes halogenated alkanes) is 6. The molecule has 0 saturated carbocycles. The molecule has 0 amide bonds. The van der Waals surface area contributed by atoms with E-state index in [-0.39, 0.29) is 0 Å². The largest absolute Gasteiger partial charge is 0.372 e. The van der Waals surface area contributed by atoms with Gasteiger partial charge in [-0.15, -0.1) is 0 Å². The van der Waals surface area contributed by atoms with Gasteiger partial charge in [-0.2, -0.15) is 0 Å². The van der Waals surface area contributed by atoms with E-state index in [1.165, 1.54) is 57.2 Å². The molecule has 1 rings (SSSR count). The number of amidine groups is 1. The van der Waals surface area contributed by atoms with Crippen LogP contribution in [-0.2, 0) is 0 Å². The maximum atomic E-state index is 4.39. The predicted octanol–water partition coefficient (Wildman–Crippen LogP) is 3.13. The highest BCUT2D eigenvalue weighted by Crippen LogP contribution is 2.08. The minimum absolute atomic E-state index is 0.992. The molecule has 82 valence electrons. The van der Waals surface area contributed by atoms with Crippen molar-refractivity contribution in [3.8, 4) is 0 Å². The molecule has 0 aromatic heterocycles. The van der Waals surface area contributed by atoms with E-state index in [9.17, 15) is 0 Å². The highest BCUT2D eigenvalue weighted by molar-refractivity contribution is 5.83. The monoisotopic (exact) mass is 196 g/mol. The Labute approximate surface area is 88.2 Å². The molecule has 1 N–H and O–H groups in total. The third-order valence-corrected chi connectivity index (χ3v) is 2.76. The van der Waals surface area contributed by atoms with Crippen molar-refractivity contribution in [2.75, 3.05) is 13.1 Å². The Hall–Kier alpha value is -0.530. The van der Waals surface area contributed by atoms with Crippen molar-refractivity contribution in [1.29, 1.82) is 0 Å². The van der Waals surface area contributed by atoms with Crippen LogP contribution in [0.3, 0.4) is 0 Å². The zero-order valence-corrected chi connectivity index (χ0v) is 9.52. The number of hydrogen-bond donors (Lipinski definition) is 1. The second kappa shape index (κ2) is 7.84. The molecule has 0 radical (unpaired) electrons. The van der Waals surface area contributed by atoms with Gasteiger partial charge in [0.05, 0.1) is 12.4 Å². The molecule has 1 aliphatic rings. The van der Waals surface area contributed by atoms with Crippen molar-refractivity contribution < 1.29 is 0 Å². The van der Waals surface area contributed by atoms with Gasteiger partial charge in [0, 0.05) is 13.0 Å². The molecule has 1 aliphatic heterocycles. The molecule has 0 unspecified atom stereocenters. The molecule has 0 aromatic rings. The van der Waals surface area contributed by atoms with Gasteiger partial charge in [0.25, 0.3) is 0 Å². The molecule has 2 heteroatoms. The first-order valence-corrected chi connectivity index (χ1v) is 6.20. The molecule has 0 bridgehead atoms. The van der Waals surface area contributed by atoms with Crippen LogP contribution in [0, 0.1) is 0 Å². The molecule has 0 aliphatic carbocycles. The highest BCUT2D eigenvalue weighted by atomic mass is 15.1. The quantitative estimate of drug-likeness (QED) is 0.593. The summed E-state index contributed by atoms with van der Waals surface area (Å²) in [6.45, 7) is 4.32. The zero-order valence-electron chi connectivity index (χ0n) is 9.52. The van der Waals surface area contributed by atoms with Crippen LogP contribution in [0.1, 0.15) is 58.3 Å². The van der Waals surface area contributed by atoms with E-state index in [0.29, 0.717) is 0 Å². The maximum Gasteiger partial charge on any atom is 0.0964 e. The van der Waals surface area contributed by atoms with Gasteiger partial charge in [0.2, 0.25) is 0 Å². The normalized spacial score (nSPS) is 15.4. The van der Waals surface area contributed by atoms with Crippen LogP contribution in [0.2, 0.25) is 0 Å². The van der Waals surface area contributed by atoms with Gasteiger partial charge in [-0.25, -0.2) is 0 Å². The fraction of sp³-hybridized carbons (Fsp3) is 0.917. The number of hydrogen-bond acceptors (Lipinski definition) is 2. The topological polar surface area (TPSA) is 24.4 Å². The SMILES string of the molecule is CCCCCCCCCC1=NCCN1. The lowest BCUT2D eigenvalue weighted by Gasteiger charge is -2.02. The second-order valence-corrected chi connectivity index (χ2v) is 4.13. The lowest BCUT2D eigenvalue weighted by Crippen LogP contribution is -2.17. The zero-order chi connectivity index (χ0) is 10.1. The molecule has 0 saturated heterocycles. The summed E-state index contributed by atoms with van der Waals surface area (Å²) < 4.78 is 0. The predicted molar refractivity (Wildman–Crippen MR) is 62.9 cm³/mol. The molecule has 0 spiro atoms. The molecular formula is C12H24N2. The van der Waals surface area contributed by atoms with Crippen LogP contribution in [0.5, 0.6) is 0 Å². The lowest BCUT2D eigenvalue weighted by atomic mass is 10.1. The van der Waals surface area contributed by atoms with Crippen LogP contribution in [0.25, 0.3) is 0 Å². The lowest BCUT2D eigenvalue weighted by molar-refractivity contribution is 0.594. The van der Waals surface area contributed by atoms with E-state index in [2.05, 4.69) is 17.2 Å². The molecule has 14 heavy (non-hydrogen) atoms. The van der Waals surface area contributed by atoms with Crippen molar-refractivity contribution in [2.24, 2.45) is 4.99 Å². The summed E-state index contributed by atoms with van der Waals surface area (Å²) in [7, 11) is 0. The summed E-state index contributed by atoms with van der Waals surface area (Å²) in [6.07, 6.45) is 10.9. The average Bonchev–Trinajstić information content (AvgIpc) is 2.69. The van der Waals surface area contributed by atoms with Gasteiger partial charge in [-0.3, -0.25) is 4.99 Å². The summed E-state index contributed by atoms with van der Waals surface area (Å²) in [4.78, 5) is 4.39. The van der Waals surface area contributed by atoms with Crippen LogP contribution in [0.4, 0.5) is 0 Å². The van der Waals surface area contributed by atoms with Crippen LogP contribution >= 0.6 is 0 Å². The van der Waals surface area contributed by atoms with Gasteiger partial charge >= 0.3 is 0 Å². The Bertz CT molecular complexity index is 164. The van der Waals surface area contributed by atoms with Gasteiger partial charge < -0.3 is 5.32 Å². The summed E-state index contributed by atoms with van der Waals surface area (Å²) in [5.74, 6) is 1.25. The Balaban J connectivity index is 1.80. The number of nitrogens with one attached hydrogen (secondary N) is 1.